The van der Waals surface area contributed by atoms with Gasteiger partial charge in [-0.3, -0.25) is 4.79 Å². The molecule has 1 aromatic carbocycles. The van der Waals surface area contributed by atoms with Crippen LogP contribution in [0.2, 0.25) is 0 Å². The lowest BCUT2D eigenvalue weighted by Crippen LogP contribution is -2.35. The normalized spacial score (nSPS) is 18.0. The maximum Gasteiger partial charge on any atom is 0.248 e. The summed E-state index contributed by atoms with van der Waals surface area (Å²) >= 11 is 0. The van der Waals surface area contributed by atoms with E-state index in [1.807, 2.05) is 24.3 Å². The number of nitrogens with two attached hydrogens (primary N) is 1. The fraction of sp³-hybridized carbons (Fsp3) is 0.278. The minimum atomic E-state index is -0.439. The van der Waals surface area contributed by atoms with E-state index in [1.54, 1.807) is 18.3 Å². The molecule has 24 heavy (non-hydrogen) atoms. The molecule has 2 aromatic heterocycles. The molecule has 1 aliphatic rings. The van der Waals surface area contributed by atoms with Gasteiger partial charge in [0.05, 0.1) is 5.92 Å². The van der Waals surface area contributed by atoms with Crippen LogP contribution in [0.5, 0.6) is 0 Å². The molecule has 3 aromatic rings. The smallest absolute Gasteiger partial charge is 0.248 e. The lowest BCUT2D eigenvalue weighted by molar-refractivity contribution is 0.1000. The van der Waals surface area contributed by atoms with E-state index < -0.39 is 5.91 Å². The van der Waals surface area contributed by atoms with Crippen molar-refractivity contribution in [2.24, 2.45) is 5.73 Å². The molecule has 3 heterocycles. The number of anilines is 1. The summed E-state index contributed by atoms with van der Waals surface area (Å²) in [5.41, 5.74) is 7.54. The second-order valence-corrected chi connectivity index (χ2v) is 6.07. The fourth-order valence-electron chi connectivity index (χ4n) is 3.20. The molecule has 6 heteroatoms. The van der Waals surface area contributed by atoms with Gasteiger partial charge in [-0.2, -0.15) is 0 Å². The van der Waals surface area contributed by atoms with E-state index in [0.29, 0.717) is 5.56 Å². The third kappa shape index (κ3) is 2.71. The van der Waals surface area contributed by atoms with Gasteiger partial charge in [0.15, 0.2) is 11.5 Å². The van der Waals surface area contributed by atoms with Crippen LogP contribution in [-0.2, 0) is 0 Å². The van der Waals surface area contributed by atoms with Crippen LogP contribution in [0.25, 0.3) is 11.1 Å². The molecule has 1 unspecified atom stereocenters. The number of carbonyl (C=O) groups is 1. The number of nitrogens with zero attached hydrogens (tertiary/aromatic N) is 3. The van der Waals surface area contributed by atoms with Crippen LogP contribution in [0.15, 0.2) is 47.0 Å². The first-order chi connectivity index (χ1) is 11.7. The number of aromatic nitrogens is 2. The first-order valence-corrected chi connectivity index (χ1v) is 8.07. The van der Waals surface area contributed by atoms with Gasteiger partial charge >= 0.3 is 0 Å². The Morgan fingerprint density at radius 2 is 2.17 bits per heavy atom. The van der Waals surface area contributed by atoms with Crippen LogP contribution < -0.4 is 10.6 Å². The van der Waals surface area contributed by atoms with Gasteiger partial charge in [-0.15, -0.1) is 0 Å². The summed E-state index contributed by atoms with van der Waals surface area (Å²) in [6.07, 6.45) is 3.67. The summed E-state index contributed by atoms with van der Waals surface area (Å²) in [7, 11) is 0. The van der Waals surface area contributed by atoms with Crippen LogP contribution in [-0.4, -0.2) is 29.0 Å². The van der Waals surface area contributed by atoms with Gasteiger partial charge in [-0.1, -0.05) is 12.1 Å². The molecule has 1 fully saturated rings. The Hall–Kier alpha value is -2.89. The SMILES string of the molecule is NC(=O)c1ccnc(N2CCCC(c3nc4ccccc4o3)C2)c1. The number of para-hydroxylation sites is 2. The summed E-state index contributed by atoms with van der Waals surface area (Å²) < 4.78 is 5.92. The Morgan fingerprint density at radius 3 is 3.00 bits per heavy atom. The van der Waals surface area contributed by atoms with Crippen LogP contribution in [0, 0.1) is 0 Å². The van der Waals surface area contributed by atoms with E-state index in [2.05, 4.69) is 14.9 Å². The average Bonchev–Trinajstić information content (AvgIpc) is 3.06. The number of amides is 1. The van der Waals surface area contributed by atoms with Gasteiger partial charge in [0.1, 0.15) is 11.3 Å². The minimum Gasteiger partial charge on any atom is -0.440 e. The molecule has 0 radical (unpaired) electrons. The highest BCUT2D eigenvalue weighted by Gasteiger charge is 2.26. The number of hydrogen-bond acceptors (Lipinski definition) is 5. The standard InChI is InChI=1S/C18H18N4O2/c19-17(23)12-7-8-20-16(10-12)22-9-3-4-13(11-22)18-21-14-5-1-2-6-15(14)24-18/h1-2,5-8,10,13H,3-4,9,11H2,(H2,19,23). The van der Waals surface area contributed by atoms with Crippen molar-refractivity contribution >= 4 is 22.8 Å². The number of hydrogen-bond donors (Lipinski definition) is 1. The highest BCUT2D eigenvalue weighted by molar-refractivity contribution is 5.93. The van der Waals surface area contributed by atoms with Gasteiger partial charge in [-0.25, -0.2) is 9.97 Å². The molecular weight excluding hydrogens is 304 g/mol. The van der Waals surface area contributed by atoms with E-state index >= 15 is 0 Å². The second kappa shape index (κ2) is 5.96. The Balaban J connectivity index is 1.59. The molecule has 0 bridgehead atoms. The maximum atomic E-state index is 11.4. The predicted octanol–water partition coefficient (Wildman–Crippen LogP) is 2.71. The number of fused-ring (bicyclic) bond motifs is 1. The number of benzene rings is 1. The molecule has 0 saturated carbocycles. The van der Waals surface area contributed by atoms with E-state index in [0.717, 1.165) is 48.7 Å². The first kappa shape index (κ1) is 14.7. The van der Waals surface area contributed by atoms with E-state index in [1.165, 1.54) is 0 Å². The Bertz CT molecular complexity index is 856. The van der Waals surface area contributed by atoms with Gasteiger partial charge < -0.3 is 15.1 Å². The lowest BCUT2D eigenvalue weighted by atomic mass is 9.98. The van der Waals surface area contributed by atoms with E-state index in [-0.39, 0.29) is 5.92 Å². The Morgan fingerprint density at radius 1 is 1.29 bits per heavy atom. The quantitative estimate of drug-likeness (QED) is 0.801. The zero-order valence-electron chi connectivity index (χ0n) is 13.2. The van der Waals surface area contributed by atoms with Crippen molar-refractivity contribution in [2.45, 2.75) is 18.8 Å². The summed E-state index contributed by atoms with van der Waals surface area (Å²) in [5, 5.41) is 0. The number of pyridine rings is 1. The second-order valence-electron chi connectivity index (χ2n) is 6.07. The van der Waals surface area contributed by atoms with Crippen molar-refractivity contribution in [3.05, 3.63) is 54.0 Å². The molecule has 0 aliphatic carbocycles. The molecule has 1 atom stereocenters. The molecule has 1 saturated heterocycles. The highest BCUT2D eigenvalue weighted by atomic mass is 16.3. The van der Waals surface area contributed by atoms with Gasteiger partial charge in [0, 0.05) is 24.8 Å². The third-order valence-electron chi connectivity index (χ3n) is 4.44. The monoisotopic (exact) mass is 322 g/mol. The van der Waals surface area contributed by atoms with E-state index in [4.69, 9.17) is 10.2 Å². The number of oxazole rings is 1. The first-order valence-electron chi connectivity index (χ1n) is 8.07. The number of piperidine rings is 1. The zero-order chi connectivity index (χ0) is 16.5. The van der Waals surface area contributed by atoms with Crippen LogP contribution in [0.1, 0.15) is 35.0 Å². The highest BCUT2D eigenvalue weighted by Crippen LogP contribution is 2.30. The minimum absolute atomic E-state index is 0.213. The summed E-state index contributed by atoms with van der Waals surface area (Å²) in [6, 6.07) is 11.2. The van der Waals surface area contributed by atoms with Crippen molar-refractivity contribution in [2.75, 3.05) is 18.0 Å². The topological polar surface area (TPSA) is 85.3 Å². The van der Waals surface area contributed by atoms with Crippen molar-refractivity contribution < 1.29 is 9.21 Å². The van der Waals surface area contributed by atoms with Crippen molar-refractivity contribution in [1.29, 1.82) is 0 Å². The molecule has 0 spiro atoms. The number of rotatable bonds is 3. The Labute approximate surface area is 139 Å². The maximum absolute atomic E-state index is 11.4. The lowest BCUT2D eigenvalue weighted by Gasteiger charge is -2.32. The van der Waals surface area contributed by atoms with Gasteiger partial charge in [0.2, 0.25) is 5.91 Å². The summed E-state index contributed by atoms with van der Waals surface area (Å²) in [5.74, 6) is 1.32. The van der Waals surface area contributed by atoms with Crippen molar-refractivity contribution in [3.8, 4) is 0 Å². The molecule has 4 rings (SSSR count). The van der Waals surface area contributed by atoms with Crippen molar-refractivity contribution in [1.82, 2.24) is 9.97 Å². The number of carbonyl (C=O) groups excluding carboxylic acids is 1. The van der Waals surface area contributed by atoms with E-state index in [9.17, 15) is 4.79 Å². The predicted molar refractivity (Wildman–Crippen MR) is 91.0 cm³/mol. The molecule has 122 valence electrons. The summed E-state index contributed by atoms with van der Waals surface area (Å²) in [4.78, 5) is 22.5. The Kier molecular flexibility index (Phi) is 3.65. The average molecular weight is 322 g/mol. The molecule has 2 N–H and O–H groups in total. The number of primary amides is 1. The molecule has 1 amide bonds. The largest absolute Gasteiger partial charge is 0.440 e. The summed E-state index contributed by atoms with van der Waals surface area (Å²) in [6.45, 7) is 1.66. The molecule has 6 nitrogen and oxygen atoms in total. The van der Waals surface area contributed by atoms with Crippen LogP contribution >= 0.6 is 0 Å². The van der Waals surface area contributed by atoms with Crippen LogP contribution in [0.4, 0.5) is 5.82 Å². The van der Waals surface area contributed by atoms with Gasteiger partial charge in [-0.05, 0) is 37.1 Å². The third-order valence-corrected chi connectivity index (χ3v) is 4.44. The molecular formula is C18H18N4O2. The van der Waals surface area contributed by atoms with Gasteiger partial charge in [0.25, 0.3) is 0 Å². The molecule has 1 aliphatic heterocycles. The van der Waals surface area contributed by atoms with Crippen LogP contribution in [0.3, 0.4) is 0 Å². The zero-order valence-corrected chi connectivity index (χ0v) is 13.2. The fourth-order valence-corrected chi connectivity index (χ4v) is 3.20. The van der Waals surface area contributed by atoms with Crippen molar-refractivity contribution in [3.63, 3.8) is 0 Å².